The van der Waals surface area contributed by atoms with Gasteiger partial charge in [0.1, 0.15) is 12.4 Å². The van der Waals surface area contributed by atoms with Crippen LogP contribution in [0, 0.1) is 6.92 Å². The molecule has 0 unspecified atom stereocenters. The highest BCUT2D eigenvalue weighted by molar-refractivity contribution is 7.92. The van der Waals surface area contributed by atoms with Gasteiger partial charge in [-0.25, -0.2) is 8.42 Å². The third-order valence-corrected chi connectivity index (χ3v) is 5.13. The predicted molar refractivity (Wildman–Crippen MR) is 109 cm³/mol. The minimum atomic E-state index is -3.71. The number of aryl methyl sites for hydroxylation is 1. The van der Waals surface area contributed by atoms with E-state index in [9.17, 15) is 8.42 Å². The second kappa shape index (κ2) is 12.0. The van der Waals surface area contributed by atoms with Crippen molar-refractivity contribution in [1.29, 1.82) is 0 Å². The van der Waals surface area contributed by atoms with Crippen LogP contribution in [-0.2, 0) is 19.5 Å². The topological polar surface area (TPSA) is 121 Å². The maximum atomic E-state index is 12.6. The first-order valence-corrected chi connectivity index (χ1v) is 10.5. The summed E-state index contributed by atoms with van der Waals surface area (Å²) >= 11 is 0. The zero-order chi connectivity index (χ0) is 21.0. The van der Waals surface area contributed by atoms with Crippen molar-refractivity contribution in [2.75, 3.05) is 44.3 Å². The van der Waals surface area contributed by atoms with Crippen molar-refractivity contribution in [2.45, 2.75) is 11.8 Å². The first kappa shape index (κ1) is 22.6. The van der Waals surface area contributed by atoms with Crippen molar-refractivity contribution in [3.63, 3.8) is 0 Å². The van der Waals surface area contributed by atoms with E-state index in [1.165, 1.54) is 0 Å². The molecule has 10 heteroatoms. The Morgan fingerprint density at radius 3 is 2.31 bits per heavy atom. The van der Waals surface area contributed by atoms with Gasteiger partial charge in [-0.1, -0.05) is 29.8 Å². The fourth-order valence-corrected chi connectivity index (χ4v) is 3.37. The molecule has 0 aromatic heterocycles. The summed E-state index contributed by atoms with van der Waals surface area (Å²) in [6, 6.07) is 13.4. The normalized spacial score (nSPS) is 11.1. The van der Waals surface area contributed by atoms with Crippen LogP contribution in [0.2, 0.25) is 0 Å². The maximum Gasteiger partial charge on any atom is 0.262 e. The summed E-state index contributed by atoms with van der Waals surface area (Å²) in [4.78, 5) is 0.184. The number of hydrogen-bond donors (Lipinski definition) is 2. The molecular weight excluding hydrogens is 396 g/mol. The van der Waals surface area contributed by atoms with Crippen LogP contribution in [0.4, 0.5) is 5.69 Å². The van der Waals surface area contributed by atoms with Crippen molar-refractivity contribution in [2.24, 2.45) is 5.22 Å². The van der Waals surface area contributed by atoms with Gasteiger partial charge in [0.15, 0.2) is 0 Å². The molecule has 9 nitrogen and oxygen atoms in total. The molecule has 2 N–H and O–H groups in total. The van der Waals surface area contributed by atoms with Crippen molar-refractivity contribution in [3.05, 3.63) is 59.6 Å². The largest absolute Gasteiger partial charge is 0.489 e. The van der Waals surface area contributed by atoms with E-state index in [4.69, 9.17) is 19.7 Å². The third kappa shape index (κ3) is 8.06. The highest BCUT2D eigenvalue weighted by Crippen LogP contribution is 2.26. The molecule has 0 aliphatic rings. The Morgan fingerprint density at radius 2 is 1.59 bits per heavy atom. The number of nitrogens with one attached hydrogen (secondary N) is 2. The summed E-state index contributed by atoms with van der Waals surface area (Å²) in [5.74, 6) is 0.418. The molecule has 2 aromatic rings. The number of ether oxygens (including phenoxy) is 3. The van der Waals surface area contributed by atoms with Crippen molar-refractivity contribution in [1.82, 2.24) is 5.43 Å². The molecule has 2 aromatic carbocycles. The van der Waals surface area contributed by atoms with E-state index in [1.807, 2.05) is 6.92 Å². The predicted octanol–water partition coefficient (Wildman–Crippen LogP) is 2.73. The number of rotatable bonds is 14. The lowest BCUT2D eigenvalue weighted by molar-refractivity contribution is 0.0374. The van der Waals surface area contributed by atoms with E-state index in [-0.39, 0.29) is 11.5 Å². The van der Waals surface area contributed by atoms with Crippen molar-refractivity contribution >= 4 is 15.7 Å². The average molecular weight is 421 g/mol. The molecule has 0 spiro atoms. The minimum absolute atomic E-state index is 0.184. The summed E-state index contributed by atoms with van der Waals surface area (Å²) in [5, 5.41) is 2.75. The molecule has 0 fully saturated rings. The van der Waals surface area contributed by atoms with Crippen LogP contribution in [0.1, 0.15) is 5.56 Å². The zero-order valence-corrected chi connectivity index (χ0v) is 17.0. The van der Waals surface area contributed by atoms with Gasteiger partial charge < -0.3 is 25.2 Å². The van der Waals surface area contributed by atoms with E-state index in [2.05, 4.69) is 15.4 Å². The molecule has 0 amide bonds. The van der Waals surface area contributed by atoms with Gasteiger partial charge in [-0.05, 0) is 37.7 Å². The van der Waals surface area contributed by atoms with Gasteiger partial charge in [-0.2, -0.15) is 0 Å². The number of sulfonamides is 1. The van der Waals surface area contributed by atoms with E-state index in [0.717, 1.165) is 5.56 Å². The van der Waals surface area contributed by atoms with E-state index >= 15 is 0 Å². The molecule has 0 saturated carbocycles. The van der Waals surface area contributed by atoms with E-state index in [0.29, 0.717) is 44.4 Å². The van der Waals surface area contributed by atoms with Gasteiger partial charge in [0, 0.05) is 6.61 Å². The Kier molecular flexibility index (Phi) is 9.35. The lowest BCUT2D eigenvalue weighted by Crippen LogP contribution is -2.16. The summed E-state index contributed by atoms with van der Waals surface area (Å²) < 4.78 is 44.0. The van der Waals surface area contributed by atoms with Crippen LogP contribution >= 0.6 is 0 Å². The summed E-state index contributed by atoms with van der Waals surface area (Å²) in [6.45, 7) is 4.08. The molecule has 158 valence electrons. The van der Waals surface area contributed by atoms with Gasteiger partial charge in [-0.3, -0.25) is 9.95 Å². The Bertz CT molecular complexity index is 859. The monoisotopic (exact) mass is 421 g/mol. The number of anilines is 1. The van der Waals surface area contributed by atoms with E-state index < -0.39 is 10.0 Å². The summed E-state index contributed by atoms with van der Waals surface area (Å²) in [5.41, 5.74) is 11.9. The van der Waals surface area contributed by atoms with Crippen LogP contribution in [0.5, 0.6) is 5.75 Å². The molecule has 0 bridgehead atoms. The molecule has 2 rings (SSSR count). The Balaban J connectivity index is 1.78. The highest BCUT2D eigenvalue weighted by atomic mass is 32.2. The molecule has 0 aliphatic carbocycles. The lowest BCUT2D eigenvalue weighted by Gasteiger charge is -2.14. The fraction of sp³-hybridized carbons (Fsp3) is 0.368. The number of para-hydroxylation sites is 2. The quantitative estimate of drug-likeness (QED) is 0.275. The van der Waals surface area contributed by atoms with Gasteiger partial charge in [0.05, 0.1) is 30.4 Å². The third-order valence-electron chi connectivity index (χ3n) is 3.75. The zero-order valence-electron chi connectivity index (χ0n) is 16.2. The maximum absolute atomic E-state index is 12.6. The molecule has 0 heterocycles. The number of benzene rings is 2. The van der Waals surface area contributed by atoms with Crippen LogP contribution in [0.25, 0.3) is 5.53 Å². The van der Waals surface area contributed by atoms with E-state index in [1.54, 1.807) is 48.5 Å². The van der Waals surface area contributed by atoms with Gasteiger partial charge in [-0.15, -0.1) is 0 Å². The summed E-state index contributed by atoms with van der Waals surface area (Å²) in [7, 11) is -3.71. The Labute approximate surface area is 170 Å². The molecule has 29 heavy (non-hydrogen) atoms. The van der Waals surface area contributed by atoms with Crippen molar-refractivity contribution < 1.29 is 22.6 Å². The molecule has 0 atom stereocenters. The molecule has 0 saturated heterocycles. The van der Waals surface area contributed by atoms with Crippen LogP contribution < -0.4 is 14.9 Å². The van der Waals surface area contributed by atoms with Gasteiger partial charge >= 0.3 is 0 Å². The van der Waals surface area contributed by atoms with Crippen LogP contribution in [0.15, 0.2) is 58.6 Å². The second-order valence-electron chi connectivity index (χ2n) is 6.00. The van der Waals surface area contributed by atoms with Crippen molar-refractivity contribution in [3.8, 4) is 5.75 Å². The van der Waals surface area contributed by atoms with Gasteiger partial charge in [0.2, 0.25) is 0 Å². The molecule has 0 aliphatic heterocycles. The second-order valence-corrected chi connectivity index (χ2v) is 7.68. The standard InChI is InChI=1S/C19H25N4O5S/c1-16-6-8-17(9-7-16)29(24,25)22-18-4-2-3-5-19(18)28-15-14-27-13-12-26-11-10-21-23-20/h2-9,22H,10-15H2,1H3,(H-,20,21)/q-1. The number of nitrogens with zero attached hydrogens (tertiary/aromatic N) is 2. The first-order valence-electron chi connectivity index (χ1n) is 9.06. The molecular formula is C19H25N4O5S-. The molecule has 0 radical (unpaired) electrons. The minimum Gasteiger partial charge on any atom is -0.489 e. The average Bonchev–Trinajstić information content (AvgIpc) is 2.70. The van der Waals surface area contributed by atoms with Crippen LogP contribution in [0.3, 0.4) is 0 Å². The summed E-state index contributed by atoms with van der Waals surface area (Å²) in [6.07, 6.45) is 0. The van der Waals surface area contributed by atoms with Gasteiger partial charge in [0.25, 0.3) is 10.0 Å². The smallest absolute Gasteiger partial charge is 0.262 e. The first-order chi connectivity index (χ1) is 14.0. The Hall–Kier alpha value is -2.69. The Morgan fingerprint density at radius 1 is 0.931 bits per heavy atom. The highest BCUT2D eigenvalue weighted by Gasteiger charge is 2.16. The fourth-order valence-electron chi connectivity index (χ4n) is 2.30. The lowest BCUT2D eigenvalue weighted by atomic mass is 10.2. The van der Waals surface area contributed by atoms with Crippen LogP contribution in [-0.4, -0.2) is 48.0 Å². The SMILES string of the molecule is Cc1ccc(S(=O)(=O)Nc2ccccc2OCCOCCOCCNN=[N-])cc1. The number of hydrogen-bond acceptors (Lipinski definition) is 6.